The molecule has 0 aliphatic rings. The van der Waals surface area contributed by atoms with E-state index in [-0.39, 0.29) is 5.56 Å². The van der Waals surface area contributed by atoms with Gasteiger partial charge in [0.25, 0.3) is 0 Å². The standard InChI is InChI=1S/C17H14O3/c1-12-6-8-13(9-7-12)10-11-15(18)14-4-2-3-5-16(19)17(14)20/h2-11H,1H3,(H,19,20)/b11-10-. The topological polar surface area (TPSA) is 54.4 Å². The molecule has 0 bridgehead atoms. The monoisotopic (exact) mass is 266 g/mol. The molecule has 0 atom stereocenters. The first-order valence-corrected chi connectivity index (χ1v) is 6.19. The number of aromatic hydroxyl groups is 1. The summed E-state index contributed by atoms with van der Waals surface area (Å²) in [6.45, 7) is 1.98. The van der Waals surface area contributed by atoms with Crippen molar-refractivity contribution in [3.8, 4) is 5.75 Å². The summed E-state index contributed by atoms with van der Waals surface area (Å²) >= 11 is 0. The number of allylic oxidation sites excluding steroid dienone is 1. The molecule has 2 rings (SSSR count). The molecule has 0 spiro atoms. The zero-order valence-electron chi connectivity index (χ0n) is 11.0. The van der Waals surface area contributed by atoms with E-state index in [1.54, 1.807) is 12.1 Å². The Balaban J connectivity index is 2.30. The smallest absolute Gasteiger partial charge is 0.220 e. The highest BCUT2D eigenvalue weighted by Crippen LogP contribution is 2.12. The van der Waals surface area contributed by atoms with Gasteiger partial charge in [-0.25, -0.2) is 0 Å². The Labute approximate surface area is 116 Å². The number of aryl methyl sites for hydroxylation is 1. The van der Waals surface area contributed by atoms with E-state index < -0.39 is 17.0 Å². The zero-order chi connectivity index (χ0) is 14.5. The summed E-state index contributed by atoms with van der Waals surface area (Å²) in [4.78, 5) is 23.4. The van der Waals surface area contributed by atoms with Gasteiger partial charge in [0, 0.05) is 0 Å². The predicted molar refractivity (Wildman–Crippen MR) is 78.9 cm³/mol. The van der Waals surface area contributed by atoms with Gasteiger partial charge in [0.15, 0.2) is 11.5 Å². The van der Waals surface area contributed by atoms with E-state index in [1.807, 2.05) is 31.2 Å². The second-order valence-corrected chi connectivity index (χ2v) is 4.45. The Morgan fingerprint density at radius 1 is 1.05 bits per heavy atom. The number of carbonyl (C=O) groups excluding carboxylic acids is 1. The molecule has 0 saturated carbocycles. The van der Waals surface area contributed by atoms with Crippen LogP contribution in [0, 0.1) is 6.92 Å². The fraction of sp³-hybridized carbons (Fsp3) is 0.0588. The SMILES string of the molecule is Cc1ccc(/C=C\C(=O)c2ccccc(=O)c2O)cc1. The highest BCUT2D eigenvalue weighted by atomic mass is 16.3. The number of hydrogen-bond acceptors (Lipinski definition) is 3. The lowest BCUT2D eigenvalue weighted by molar-refractivity contribution is 0.104. The minimum atomic E-state index is -0.568. The second-order valence-electron chi connectivity index (χ2n) is 4.45. The lowest BCUT2D eigenvalue weighted by atomic mass is 10.1. The molecule has 20 heavy (non-hydrogen) atoms. The van der Waals surface area contributed by atoms with Crippen LogP contribution in [0.5, 0.6) is 5.75 Å². The van der Waals surface area contributed by atoms with Gasteiger partial charge in [0.2, 0.25) is 5.43 Å². The molecule has 0 aliphatic carbocycles. The minimum absolute atomic E-state index is 0.00311. The summed E-state index contributed by atoms with van der Waals surface area (Å²) in [6.07, 6.45) is 3.00. The molecule has 0 aromatic heterocycles. The summed E-state index contributed by atoms with van der Waals surface area (Å²) in [5.41, 5.74) is 1.45. The molecular weight excluding hydrogens is 252 g/mol. The van der Waals surface area contributed by atoms with Crippen molar-refractivity contribution in [2.45, 2.75) is 6.92 Å². The third-order valence-electron chi connectivity index (χ3n) is 2.88. The van der Waals surface area contributed by atoms with Crippen molar-refractivity contribution in [1.82, 2.24) is 0 Å². The third kappa shape index (κ3) is 3.20. The Kier molecular flexibility index (Phi) is 4.11. The summed E-state index contributed by atoms with van der Waals surface area (Å²) < 4.78 is 0. The van der Waals surface area contributed by atoms with Crippen molar-refractivity contribution in [2.75, 3.05) is 0 Å². The second kappa shape index (κ2) is 5.97. The van der Waals surface area contributed by atoms with Crippen LogP contribution in [0.1, 0.15) is 21.5 Å². The quantitative estimate of drug-likeness (QED) is 0.686. The molecule has 2 aromatic rings. The first-order valence-electron chi connectivity index (χ1n) is 6.19. The summed E-state index contributed by atoms with van der Waals surface area (Å²) in [7, 11) is 0. The highest BCUT2D eigenvalue weighted by Gasteiger charge is 2.09. The van der Waals surface area contributed by atoms with Crippen LogP contribution in [0.25, 0.3) is 6.08 Å². The number of benzene rings is 1. The molecule has 3 heteroatoms. The van der Waals surface area contributed by atoms with Crippen LogP contribution < -0.4 is 5.43 Å². The van der Waals surface area contributed by atoms with Gasteiger partial charge < -0.3 is 5.11 Å². The van der Waals surface area contributed by atoms with E-state index in [0.29, 0.717) is 0 Å². The molecule has 0 saturated heterocycles. The van der Waals surface area contributed by atoms with E-state index >= 15 is 0 Å². The fourth-order valence-electron chi connectivity index (χ4n) is 1.72. The van der Waals surface area contributed by atoms with Gasteiger partial charge >= 0.3 is 0 Å². The van der Waals surface area contributed by atoms with Crippen LogP contribution in [0.3, 0.4) is 0 Å². The van der Waals surface area contributed by atoms with Crippen molar-refractivity contribution >= 4 is 11.9 Å². The van der Waals surface area contributed by atoms with E-state index in [0.717, 1.165) is 11.1 Å². The van der Waals surface area contributed by atoms with Crippen molar-refractivity contribution < 1.29 is 9.90 Å². The summed E-state index contributed by atoms with van der Waals surface area (Å²) in [5.74, 6) is -0.926. The predicted octanol–water partition coefficient (Wildman–Crippen LogP) is 2.96. The molecule has 0 amide bonds. The van der Waals surface area contributed by atoms with Crippen molar-refractivity contribution in [3.05, 3.63) is 81.5 Å². The van der Waals surface area contributed by atoms with Crippen LogP contribution in [0.2, 0.25) is 0 Å². The third-order valence-corrected chi connectivity index (χ3v) is 2.88. The maximum Gasteiger partial charge on any atom is 0.220 e. The van der Waals surface area contributed by atoms with E-state index in [2.05, 4.69) is 0 Å². The molecule has 0 heterocycles. The van der Waals surface area contributed by atoms with Crippen molar-refractivity contribution in [3.63, 3.8) is 0 Å². The van der Waals surface area contributed by atoms with Crippen molar-refractivity contribution in [1.29, 1.82) is 0 Å². The zero-order valence-corrected chi connectivity index (χ0v) is 11.0. The average molecular weight is 266 g/mol. The van der Waals surface area contributed by atoms with Gasteiger partial charge in [-0.05, 0) is 30.7 Å². The van der Waals surface area contributed by atoms with Gasteiger partial charge in [0.05, 0.1) is 5.56 Å². The summed E-state index contributed by atoms with van der Waals surface area (Å²) in [6, 6.07) is 13.4. The van der Waals surface area contributed by atoms with Gasteiger partial charge in [0.1, 0.15) is 0 Å². The summed E-state index contributed by atoms with van der Waals surface area (Å²) in [5, 5.41) is 9.69. The molecule has 100 valence electrons. The number of ketones is 1. The maximum atomic E-state index is 12.0. The van der Waals surface area contributed by atoms with Crippen LogP contribution in [0.15, 0.2) is 59.4 Å². The molecule has 3 nitrogen and oxygen atoms in total. The van der Waals surface area contributed by atoms with Gasteiger partial charge in [-0.3, -0.25) is 9.59 Å². The van der Waals surface area contributed by atoms with Gasteiger partial charge in [-0.2, -0.15) is 0 Å². The molecule has 0 radical (unpaired) electrons. The fourth-order valence-corrected chi connectivity index (χ4v) is 1.72. The number of rotatable bonds is 3. The van der Waals surface area contributed by atoms with E-state index in [1.165, 1.54) is 24.3 Å². The lowest BCUT2D eigenvalue weighted by Gasteiger charge is -1.96. The van der Waals surface area contributed by atoms with Gasteiger partial charge in [-0.15, -0.1) is 0 Å². The Hall–Kier alpha value is -2.68. The first-order chi connectivity index (χ1) is 9.58. The molecule has 1 N–H and O–H groups in total. The van der Waals surface area contributed by atoms with Crippen LogP contribution in [-0.2, 0) is 0 Å². The van der Waals surface area contributed by atoms with Crippen LogP contribution in [0.4, 0.5) is 0 Å². The molecular formula is C17H14O3. The number of hydrogen-bond donors (Lipinski definition) is 1. The first kappa shape index (κ1) is 13.7. The van der Waals surface area contributed by atoms with Gasteiger partial charge in [-0.1, -0.05) is 48.0 Å². The normalized spacial score (nSPS) is 10.7. The van der Waals surface area contributed by atoms with E-state index in [4.69, 9.17) is 0 Å². The highest BCUT2D eigenvalue weighted by molar-refractivity contribution is 6.08. The molecule has 2 aromatic carbocycles. The Morgan fingerprint density at radius 3 is 2.40 bits per heavy atom. The van der Waals surface area contributed by atoms with E-state index in [9.17, 15) is 14.7 Å². The number of carbonyl (C=O) groups is 1. The maximum absolute atomic E-state index is 12.0. The largest absolute Gasteiger partial charge is 0.504 e. The Morgan fingerprint density at radius 2 is 1.70 bits per heavy atom. The van der Waals surface area contributed by atoms with Crippen LogP contribution in [-0.4, -0.2) is 10.9 Å². The molecule has 0 fully saturated rings. The lowest BCUT2D eigenvalue weighted by Crippen LogP contribution is -2.01. The molecule has 0 aliphatic heterocycles. The average Bonchev–Trinajstić information content (AvgIpc) is 2.61. The minimum Gasteiger partial charge on any atom is -0.504 e. The molecule has 0 unspecified atom stereocenters. The van der Waals surface area contributed by atoms with Crippen molar-refractivity contribution in [2.24, 2.45) is 0 Å². The van der Waals surface area contributed by atoms with Crippen LogP contribution >= 0.6 is 0 Å². The Bertz CT molecular complexity index is 713.